The fraction of sp³-hybridized carbons (Fsp3) is 0.548. The van der Waals surface area contributed by atoms with E-state index in [0.717, 1.165) is 51.8 Å². The van der Waals surface area contributed by atoms with Gasteiger partial charge in [0.05, 0.1) is 5.60 Å². The van der Waals surface area contributed by atoms with E-state index in [4.69, 9.17) is 4.74 Å². The molecule has 1 atom stereocenters. The lowest BCUT2D eigenvalue weighted by molar-refractivity contribution is -0.160. The van der Waals surface area contributed by atoms with E-state index in [-0.39, 0.29) is 11.8 Å². The van der Waals surface area contributed by atoms with Gasteiger partial charge in [-0.1, -0.05) is 36.2 Å². The number of nitrogens with zero attached hydrogens (tertiary/aromatic N) is 1. The first kappa shape index (κ1) is 25.0. The third-order valence-electron chi connectivity index (χ3n) is 8.75. The van der Waals surface area contributed by atoms with E-state index in [0.29, 0.717) is 24.1 Å². The lowest BCUT2D eigenvalue weighted by Crippen LogP contribution is -2.49. The van der Waals surface area contributed by atoms with E-state index in [1.54, 1.807) is 0 Å². The van der Waals surface area contributed by atoms with Crippen molar-refractivity contribution in [2.75, 3.05) is 0 Å². The lowest BCUT2D eigenvalue weighted by Gasteiger charge is -2.54. The smallest absolute Gasteiger partial charge is 0.337 e. The molecule has 1 unspecified atom stereocenters. The Labute approximate surface area is 214 Å². The summed E-state index contributed by atoms with van der Waals surface area (Å²) in [5.41, 5.74) is 7.85. The summed E-state index contributed by atoms with van der Waals surface area (Å²) in [7, 11) is 0. The van der Waals surface area contributed by atoms with E-state index in [2.05, 4.69) is 31.2 Å². The normalized spacial score (nSPS) is 19.6. The summed E-state index contributed by atoms with van der Waals surface area (Å²) in [5, 5.41) is 10.3. The second-order valence-electron chi connectivity index (χ2n) is 12.5. The van der Waals surface area contributed by atoms with Crippen molar-refractivity contribution in [3.05, 3.63) is 57.6 Å². The van der Waals surface area contributed by atoms with Gasteiger partial charge in [-0.15, -0.1) is 0 Å². The van der Waals surface area contributed by atoms with Crippen LogP contribution in [0, 0.1) is 32.1 Å². The Hall–Kier alpha value is -2.66. The van der Waals surface area contributed by atoms with Gasteiger partial charge in [-0.2, -0.15) is 0 Å². The van der Waals surface area contributed by atoms with Crippen molar-refractivity contribution < 1.29 is 19.4 Å². The molecule has 36 heavy (non-hydrogen) atoms. The maximum absolute atomic E-state index is 13.5. The van der Waals surface area contributed by atoms with Gasteiger partial charge in [0.2, 0.25) is 5.91 Å². The highest BCUT2D eigenvalue weighted by molar-refractivity contribution is 5.85. The molecule has 5 nitrogen and oxygen atoms in total. The minimum Gasteiger partial charge on any atom is -0.479 e. The number of aliphatic carboxylic acids is 1. The molecule has 1 aliphatic heterocycles. The molecule has 0 saturated heterocycles. The zero-order valence-electron chi connectivity index (χ0n) is 22.5. The maximum Gasteiger partial charge on any atom is 0.337 e. The standard InChI is InChI=1S/C31H39NO4/c1-18-8-10-21(11-9-18)25-19(2)23-16-32(28(33)22-14-31(15-22)12-7-13-31)17-24(23)20(3)26(25)27(29(34)35)36-30(4,5)6/h8-11,22,27H,7,12-17H2,1-6H3,(H,34,35). The molecule has 1 amide bonds. The number of ether oxygens (including phenoxy) is 1. The predicted molar refractivity (Wildman–Crippen MR) is 141 cm³/mol. The van der Waals surface area contributed by atoms with Crippen molar-refractivity contribution in [2.45, 2.75) is 98.4 Å². The van der Waals surface area contributed by atoms with Crippen molar-refractivity contribution in [1.82, 2.24) is 4.90 Å². The number of carbonyl (C=O) groups excluding carboxylic acids is 1. The molecule has 192 valence electrons. The summed E-state index contributed by atoms with van der Waals surface area (Å²) in [4.78, 5) is 28.1. The third kappa shape index (κ3) is 4.26. The van der Waals surface area contributed by atoms with E-state index >= 15 is 0 Å². The summed E-state index contributed by atoms with van der Waals surface area (Å²) < 4.78 is 6.17. The number of hydrogen-bond acceptors (Lipinski definition) is 3. The molecular weight excluding hydrogens is 450 g/mol. The van der Waals surface area contributed by atoms with Gasteiger partial charge in [-0.05, 0) is 106 Å². The molecule has 2 fully saturated rings. The van der Waals surface area contributed by atoms with Crippen LogP contribution in [-0.2, 0) is 27.4 Å². The minimum absolute atomic E-state index is 0.146. The van der Waals surface area contributed by atoms with Gasteiger partial charge in [0.1, 0.15) is 0 Å². The second kappa shape index (κ2) is 8.72. The number of rotatable bonds is 5. The highest BCUT2D eigenvalue weighted by atomic mass is 16.5. The minimum atomic E-state index is -1.10. The van der Waals surface area contributed by atoms with Crippen LogP contribution in [-0.4, -0.2) is 27.5 Å². The Morgan fingerprint density at radius 3 is 2.08 bits per heavy atom. The van der Waals surface area contributed by atoms with Gasteiger partial charge in [0, 0.05) is 24.6 Å². The largest absolute Gasteiger partial charge is 0.479 e. The predicted octanol–water partition coefficient (Wildman–Crippen LogP) is 6.64. The van der Waals surface area contributed by atoms with Crippen molar-refractivity contribution in [2.24, 2.45) is 11.3 Å². The first-order valence-corrected chi connectivity index (χ1v) is 13.3. The summed E-state index contributed by atoms with van der Waals surface area (Å²) in [6.07, 6.45) is 4.85. The molecule has 0 radical (unpaired) electrons. The molecule has 3 aliphatic rings. The van der Waals surface area contributed by atoms with Crippen molar-refractivity contribution in [3.63, 3.8) is 0 Å². The molecule has 0 aromatic heterocycles. The van der Waals surface area contributed by atoms with Gasteiger partial charge >= 0.3 is 5.97 Å². The fourth-order valence-electron chi connectivity index (χ4n) is 6.69. The Kier molecular flexibility index (Phi) is 6.06. The first-order chi connectivity index (χ1) is 16.9. The number of benzene rings is 2. The van der Waals surface area contributed by atoms with Gasteiger partial charge in [-0.25, -0.2) is 4.79 Å². The van der Waals surface area contributed by atoms with Crippen LogP contribution < -0.4 is 0 Å². The molecule has 5 heteroatoms. The summed E-state index contributed by atoms with van der Waals surface area (Å²) in [6.45, 7) is 12.9. The van der Waals surface area contributed by atoms with Crippen molar-refractivity contribution in [1.29, 1.82) is 0 Å². The third-order valence-corrected chi connectivity index (χ3v) is 8.75. The Morgan fingerprint density at radius 2 is 1.58 bits per heavy atom. The van der Waals surface area contributed by atoms with E-state index in [1.807, 2.05) is 39.5 Å². The molecule has 2 aromatic rings. The zero-order chi connectivity index (χ0) is 26.0. The van der Waals surface area contributed by atoms with Crippen molar-refractivity contribution in [3.8, 4) is 11.1 Å². The van der Waals surface area contributed by atoms with Crippen LogP contribution in [0.2, 0.25) is 0 Å². The second-order valence-corrected chi connectivity index (χ2v) is 12.5. The Balaban J connectivity index is 1.57. The number of hydrogen-bond donors (Lipinski definition) is 1. The molecular formula is C31H39NO4. The number of carbonyl (C=O) groups is 2. The van der Waals surface area contributed by atoms with Crippen LogP contribution in [0.1, 0.15) is 92.4 Å². The monoisotopic (exact) mass is 489 g/mol. The van der Waals surface area contributed by atoms with Crippen molar-refractivity contribution >= 4 is 11.9 Å². The molecule has 2 aliphatic carbocycles. The fourth-order valence-corrected chi connectivity index (χ4v) is 6.69. The topological polar surface area (TPSA) is 66.8 Å². The molecule has 1 heterocycles. The van der Waals surface area contributed by atoms with Gasteiger partial charge in [-0.3, -0.25) is 4.79 Å². The molecule has 2 saturated carbocycles. The maximum atomic E-state index is 13.5. The number of carboxylic acids is 1. The average molecular weight is 490 g/mol. The van der Waals surface area contributed by atoms with Crippen LogP contribution in [0.25, 0.3) is 11.1 Å². The number of amides is 1. The van der Waals surface area contributed by atoms with Crippen LogP contribution in [0.3, 0.4) is 0 Å². The first-order valence-electron chi connectivity index (χ1n) is 13.3. The Morgan fingerprint density at radius 1 is 1.00 bits per heavy atom. The van der Waals surface area contributed by atoms with Crippen LogP contribution >= 0.6 is 0 Å². The van der Waals surface area contributed by atoms with Crippen LogP contribution in [0.4, 0.5) is 0 Å². The average Bonchev–Trinajstić information content (AvgIpc) is 3.19. The highest BCUT2D eigenvalue weighted by Crippen LogP contribution is 2.59. The van der Waals surface area contributed by atoms with Crippen LogP contribution in [0.15, 0.2) is 24.3 Å². The van der Waals surface area contributed by atoms with E-state index in [1.165, 1.54) is 19.3 Å². The summed E-state index contributed by atoms with van der Waals surface area (Å²) >= 11 is 0. The molecule has 1 spiro atoms. The zero-order valence-corrected chi connectivity index (χ0v) is 22.5. The highest BCUT2D eigenvalue weighted by Gasteiger charge is 2.51. The molecule has 5 rings (SSSR count). The van der Waals surface area contributed by atoms with Gasteiger partial charge in [0.15, 0.2) is 6.10 Å². The summed E-state index contributed by atoms with van der Waals surface area (Å²) in [6, 6.07) is 8.25. The molecule has 2 aromatic carbocycles. The number of aryl methyl sites for hydroxylation is 1. The van der Waals surface area contributed by atoms with Gasteiger partial charge < -0.3 is 14.7 Å². The lowest BCUT2D eigenvalue weighted by atomic mass is 9.51. The Bertz CT molecular complexity index is 1210. The van der Waals surface area contributed by atoms with Gasteiger partial charge in [0.25, 0.3) is 0 Å². The molecule has 1 N–H and O–H groups in total. The number of carboxylic acid groups (broad SMARTS) is 1. The van der Waals surface area contributed by atoms with E-state index < -0.39 is 17.7 Å². The van der Waals surface area contributed by atoms with Crippen LogP contribution in [0.5, 0.6) is 0 Å². The number of fused-ring (bicyclic) bond motifs is 1. The van der Waals surface area contributed by atoms with E-state index in [9.17, 15) is 14.7 Å². The molecule has 0 bridgehead atoms. The quantitative estimate of drug-likeness (QED) is 0.511. The SMILES string of the molecule is Cc1ccc(-c2c(C)c3c(c(C)c2C(OC(C)(C)C)C(=O)O)CN(C(=O)C2CC4(CCC4)C2)C3)cc1. The summed E-state index contributed by atoms with van der Waals surface area (Å²) in [5.74, 6) is -0.583.